The van der Waals surface area contributed by atoms with Gasteiger partial charge in [0.15, 0.2) is 6.35 Å². The van der Waals surface area contributed by atoms with Gasteiger partial charge in [-0.25, -0.2) is 0 Å². The maximum Gasteiger partial charge on any atom is 0.362 e. The van der Waals surface area contributed by atoms with Gasteiger partial charge in [0.1, 0.15) is 11.5 Å². The average Bonchev–Trinajstić information content (AvgIpc) is 2.59. The normalized spacial score (nSPS) is 17.0. The van der Waals surface area contributed by atoms with Crippen LogP contribution in [0.15, 0.2) is 30.3 Å². The third-order valence-electron chi connectivity index (χ3n) is 5.21. The summed E-state index contributed by atoms with van der Waals surface area (Å²) in [4.78, 5) is 18.1. The van der Waals surface area contributed by atoms with E-state index in [-0.39, 0.29) is 11.8 Å². The Kier molecular flexibility index (Phi) is 5.66. The van der Waals surface area contributed by atoms with Crippen molar-refractivity contribution in [1.82, 2.24) is 0 Å². The van der Waals surface area contributed by atoms with E-state index in [0.29, 0.717) is 11.5 Å². The first-order chi connectivity index (χ1) is 12.7. The van der Waals surface area contributed by atoms with Crippen LogP contribution in [0.4, 0.5) is 0 Å². The summed E-state index contributed by atoms with van der Waals surface area (Å²) >= 11 is 0. The summed E-state index contributed by atoms with van der Waals surface area (Å²) in [6.07, 6.45) is 2.40. The van der Waals surface area contributed by atoms with Crippen molar-refractivity contribution in [2.75, 3.05) is 6.35 Å². The molecule has 27 heavy (non-hydrogen) atoms. The van der Waals surface area contributed by atoms with Crippen molar-refractivity contribution >= 4 is 7.60 Å². The lowest BCUT2D eigenvalue weighted by Gasteiger charge is -2.29. The Morgan fingerprint density at radius 1 is 1.22 bits per heavy atom. The molecule has 3 N–H and O–H groups in total. The molecule has 2 aromatic rings. The average molecular weight is 390 g/mol. The molecule has 146 valence electrons. The van der Waals surface area contributed by atoms with Crippen LogP contribution in [0, 0.1) is 6.92 Å². The third-order valence-corrected chi connectivity index (χ3v) is 5.67. The second kappa shape index (κ2) is 7.67. The molecule has 1 atom stereocenters. The smallest absolute Gasteiger partial charge is 0.362 e. The van der Waals surface area contributed by atoms with Gasteiger partial charge < -0.3 is 19.6 Å². The van der Waals surface area contributed by atoms with Gasteiger partial charge in [0.05, 0.1) is 0 Å². The topological polar surface area (TPSA) is 87.0 Å². The van der Waals surface area contributed by atoms with Crippen LogP contribution < -0.4 is 4.74 Å². The van der Waals surface area contributed by atoms with E-state index in [1.54, 1.807) is 6.07 Å². The van der Waals surface area contributed by atoms with E-state index in [1.165, 1.54) is 16.7 Å². The van der Waals surface area contributed by atoms with Crippen molar-refractivity contribution in [2.45, 2.75) is 51.9 Å². The van der Waals surface area contributed by atoms with Gasteiger partial charge in [0.25, 0.3) is 0 Å². The first-order valence-corrected chi connectivity index (χ1v) is 11.1. The molecule has 0 bridgehead atoms. The van der Waals surface area contributed by atoms with Crippen molar-refractivity contribution < 1.29 is 24.2 Å². The van der Waals surface area contributed by atoms with Gasteiger partial charge in [0, 0.05) is 5.92 Å². The Labute approximate surface area is 160 Å². The zero-order valence-corrected chi connectivity index (χ0v) is 16.9. The SMILES string of the molecule is Cc1cc(OCP(=O)(O)O)cc2c1[C@H](c1ccc(O)c(C(C)C)c1)CCC2. The van der Waals surface area contributed by atoms with Gasteiger partial charge in [-0.3, -0.25) is 4.57 Å². The second-order valence-corrected chi connectivity index (χ2v) is 9.26. The van der Waals surface area contributed by atoms with Gasteiger partial charge in [-0.05, 0) is 78.1 Å². The number of aromatic hydroxyl groups is 1. The Morgan fingerprint density at radius 3 is 2.63 bits per heavy atom. The van der Waals surface area contributed by atoms with Crippen LogP contribution in [0.25, 0.3) is 0 Å². The fourth-order valence-corrected chi connectivity index (χ4v) is 4.33. The highest BCUT2D eigenvalue weighted by molar-refractivity contribution is 7.51. The number of benzene rings is 2. The Bertz CT molecular complexity index is 884. The summed E-state index contributed by atoms with van der Waals surface area (Å²) in [5, 5.41) is 10.1. The van der Waals surface area contributed by atoms with Gasteiger partial charge in [0.2, 0.25) is 0 Å². The summed E-state index contributed by atoms with van der Waals surface area (Å²) in [6, 6.07) is 9.66. The monoisotopic (exact) mass is 390 g/mol. The van der Waals surface area contributed by atoms with Gasteiger partial charge >= 0.3 is 7.60 Å². The highest BCUT2D eigenvalue weighted by Crippen LogP contribution is 2.42. The molecular formula is C21H27O5P. The van der Waals surface area contributed by atoms with Crippen molar-refractivity contribution in [3.63, 3.8) is 0 Å². The molecule has 6 heteroatoms. The summed E-state index contributed by atoms with van der Waals surface area (Å²) in [5.74, 6) is 1.34. The standard InChI is InChI=1S/C21H27O5P/c1-13(2)19-11-15(7-8-20(19)22)18-6-4-5-16-10-17(9-14(3)21(16)18)26-12-27(23,24)25/h7-11,13,18,22H,4-6,12H2,1-3H3,(H2,23,24,25)/t18-/m0/s1. The summed E-state index contributed by atoms with van der Waals surface area (Å²) < 4.78 is 16.4. The van der Waals surface area contributed by atoms with E-state index in [1.807, 2.05) is 25.1 Å². The minimum Gasteiger partial charge on any atom is -0.508 e. The summed E-state index contributed by atoms with van der Waals surface area (Å²) in [7, 11) is -4.20. The first kappa shape index (κ1) is 19.9. The first-order valence-electron chi connectivity index (χ1n) is 9.29. The molecule has 1 aliphatic rings. The molecule has 2 aromatic carbocycles. The molecule has 0 fully saturated rings. The van der Waals surface area contributed by atoms with Crippen molar-refractivity contribution in [3.8, 4) is 11.5 Å². The molecule has 3 rings (SSSR count). The van der Waals surface area contributed by atoms with E-state index < -0.39 is 13.9 Å². The molecule has 0 unspecified atom stereocenters. The van der Waals surface area contributed by atoms with Gasteiger partial charge in [-0.2, -0.15) is 0 Å². The quantitative estimate of drug-likeness (QED) is 0.638. The number of phenolic OH excluding ortho intramolecular Hbond substituents is 1. The number of aryl methyl sites for hydroxylation is 2. The lowest BCUT2D eigenvalue weighted by molar-refractivity contribution is 0.300. The van der Waals surface area contributed by atoms with Crippen molar-refractivity contribution in [2.24, 2.45) is 0 Å². The lowest BCUT2D eigenvalue weighted by Crippen LogP contribution is -2.14. The van der Waals surface area contributed by atoms with E-state index in [0.717, 1.165) is 30.4 Å². The Hall–Kier alpha value is -1.81. The van der Waals surface area contributed by atoms with Crippen LogP contribution in [-0.2, 0) is 11.0 Å². The minimum atomic E-state index is -4.20. The molecular weight excluding hydrogens is 363 g/mol. The molecule has 0 aliphatic heterocycles. The molecule has 5 nitrogen and oxygen atoms in total. The Morgan fingerprint density at radius 2 is 1.96 bits per heavy atom. The molecule has 0 spiro atoms. The number of phenols is 1. The molecule has 0 saturated heterocycles. The van der Waals surface area contributed by atoms with Crippen molar-refractivity contribution in [3.05, 3.63) is 58.1 Å². The second-order valence-electron chi connectivity index (χ2n) is 7.67. The van der Waals surface area contributed by atoms with Crippen molar-refractivity contribution in [1.29, 1.82) is 0 Å². The van der Waals surface area contributed by atoms with E-state index >= 15 is 0 Å². The minimum absolute atomic E-state index is 0.248. The van der Waals surface area contributed by atoms with E-state index in [9.17, 15) is 9.67 Å². The number of hydrogen-bond donors (Lipinski definition) is 3. The lowest BCUT2D eigenvalue weighted by atomic mass is 9.76. The fraction of sp³-hybridized carbons (Fsp3) is 0.429. The number of rotatable bonds is 5. The van der Waals surface area contributed by atoms with Crippen LogP contribution in [0.1, 0.15) is 66.3 Å². The predicted octanol–water partition coefficient (Wildman–Crippen LogP) is 4.81. The molecule has 0 radical (unpaired) electrons. The predicted molar refractivity (Wildman–Crippen MR) is 106 cm³/mol. The maximum atomic E-state index is 11.1. The highest BCUT2D eigenvalue weighted by Gasteiger charge is 2.26. The molecule has 0 heterocycles. The van der Waals surface area contributed by atoms with Crippen LogP contribution >= 0.6 is 7.60 Å². The van der Waals surface area contributed by atoms with Crippen LogP contribution in [0.2, 0.25) is 0 Å². The molecule has 0 saturated carbocycles. The molecule has 1 aliphatic carbocycles. The number of hydrogen-bond acceptors (Lipinski definition) is 3. The zero-order chi connectivity index (χ0) is 19.8. The zero-order valence-electron chi connectivity index (χ0n) is 16.0. The van der Waals surface area contributed by atoms with Gasteiger partial charge in [-0.1, -0.05) is 26.0 Å². The highest BCUT2D eigenvalue weighted by atomic mass is 31.2. The number of ether oxygens (including phenoxy) is 1. The van der Waals surface area contributed by atoms with E-state index in [2.05, 4.69) is 19.9 Å². The third kappa shape index (κ3) is 4.55. The van der Waals surface area contributed by atoms with Crippen LogP contribution in [0.5, 0.6) is 11.5 Å². The van der Waals surface area contributed by atoms with Crippen LogP contribution in [-0.4, -0.2) is 21.2 Å². The number of fused-ring (bicyclic) bond motifs is 1. The van der Waals surface area contributed by atoms with Crippen LogP contribution in [0.3, 0.4) is 0 Å². The summed E-state index contributed by atoms with van der Waals surface area (Å²) in [6.45, 7) is 6.17. The van der Waals surface area contributed by atoms with E-state index in [4.69, 9.17) is 14.5 Å². The Balaban J connectivity index is 1.97. The maximum absolute atomic E-state index is 11.1. The molecule has 0 aromatic heterocycles. The van der Waals surface area contributed by atoms with Gasteiger partial charge in [-0.15, -0.1) is 0 Å². The summed E-state index contributed by atoms with van der Waals surface area (Å²) in [5.41, 5.74) is 5.66. The largest absolute Gasteiger partial charge is 0.508 e. The fourth-order valence-electron chi connectivity index (χ4n) is 4.01. The molecule has 0 amide bonds.